The molecule has 20 heavy (non-hydrogen) atoms. The number of urea groups is 1. The molecular formula is C15H20N2O3. The molecule has 0 aliphatic heterocycles. The van der Waals surface area contributed by atoms with E-state index in [1.165, 1.54) is 0 Å². The fraction of sp³-hybridized carbons (Fsp3) is 0.333. The van der Waals surface area contributed by atoms with Crippen LogP contribution in [0.5, 0.6) is 0 Å². The van der Waals surface area contributed by atoms with Gasteiger partial charge in [-0.2, -0.15) is 0 Å². The molecule has 0 radical (unpaired) electrons. The number of carboxylic acids is 1. The van der Waals surface area contributed by atoms with Gasteiger partial charge in [-0.25, -0.2) is 9.59 Å². The largest absolute Gasteiger partial charge is 0.480 e. The van der Waals surface area contributed by atoms with Crippen molar-refractivity contribution in [1.29, 1.82) is 0 Å². The van der Waals surface area contributed by atoms with E-state index in [0.29, 0.717) is 6.42 Å². The molecule has 0 aliphatic carbocycles. The number of nitrogens with one attached hydrogen (secondary N) is 2. The van der Waals surface area contributed by atoms with Crippen LogP contribution in [-0.2, 0) is 11.2 Å². The second-order valence-electron chi connectivity index (χ2n) is 4.62. The van der Waals surface area contributed by atoms with Gasteiger partial charge in [-0.3, -0.25) is 0 Å². The maximum absolute atomic E-state index is 11.7. The van der Waals surface area contributed by atoms with Crippen molar-refractivity contribution < 1.29 is 14.7 Å². The number of aliphatic carboxylic acids is 1. The summed E-state index contributed by atoms with van der Waals surface area (Å²) in [4.78, 5) is 22.9. The summed E-state index contributed by atoms with van der Waals surface area (Å²) in [5, 5.41) is 14.3. The van der Waals surface area contributed by atoms with Gasteiger partial charge in [0.15, 0.2) is 0 Å². The summed E-state index contributed by atoms with van der Waals surface area (Å²) in [6, 6.07) is 7.66. The highest BCUT2D eigenvalue weighted by Crippen LogP contribution is 2.03. The van der Waals surface area contributed by atoms with Crippen molar-refractivity contribution in [2.45, 2.75) is 31.8 Å². The molecule has 1 aromatic rings. The van der Waals surface area contributed by atoms with E-state index in [-0.39, 0.29) is 12.5 Å². The lowest BCUT2D eigenvalue weighted by Crippen LogP contribution is -2.49. The molecule has 0 heterocycles. The minimum Gasteiger partial charge on any atom is -0.480 e. The van der Waals surface area contributed by atoms with Crippen molar-refractivity contribution in [1.82, 2.24) is 10.6 Å². The first kappa shape index (κ1) is 15.8. The first-order valence-corrected chi connectivity index (χ1v) is 6.47. The fourth-order valence-electron chi connectivity index (χ4n) is 1.78. The summed E-state index contributed by atoms with van der Waals surface area (Å²) in [5.74, 6) is -1.06. The predicted molar refractivity (Wildman–Crippen MR) is 77.5 cm³/mol. The second kappa shape index (κ2) is 7.99. The third-order valence-electron chi connectivity index (χ3n) is 2.78. The van der Waals surface area contributed by atoms with Crippen molar-refractivity contribution >= 4 is 12.0 Å². The molecule has 0 fully saturated rings. The topological polar surface area (TPSA) is 78.4 Å². The van der Waals surface area contributed by atoms with Crippen LogP contribution in [0.2, 0.25) is 0 Å². The lowest BCUT2D eigenvalue weighted by Gasteiger charge is -2.17. The summed E-state index contributed by atoms with van der Waals surface area (Å²) in [7, 11) is 0. The van der Waals surface area contributed by atoms with Gasteiger partial charge >= 0.3 is 12.0 Å². The zero-order valence-corrected chi connectivity index (χ0v) is 11.5. The van der Waals surface area contributed by atoms with Crippen LogP contribution in [0.25, 0.3) is 0 Å². The molecule has 0 aliphatic rings. The first-order chi connectivity index (χ1) is 9.52. The van der Waals surface area contributed by atoms with E-state index in [0.717, 1.165) is 5.56 Å². The fourth-order valence-corrected chi connectivity index (χ4v) is 1.78. The lowest BCUT2D eigenvalue weighted by molar-refractivity contribution is -0.139. The smallest absolute Gasteiger partial charge is 0.326 e. The highest BCUT2D eigenvalue weighted by Gasteiger charge is 2.20. The zero-order valence-electron chi connectivity index (χ0n) is 11.5. The molecule has 108 valence electrons. The van der Waals surface area contributed by atoms with Gasteiger partial charge in [0, 0.05) is 12.5 Å². The number of benzene rings is 1. The Hall–Kier alpha value is -2.30. The molecule has 0 saturated heterocycles. The molecule has 3 N–H and O–H groups in total. The molecule has 5 heteroatoms. The molecule has 2 amide bonds. The highest BCUT2D eigenvalue weighted by atomic mass is 16.4. The number of carbonyl (C=O) groups is 2. The number of hydrogen-bond donors (Lipinski definition) is 3. The molecule has 5 nitrogen and oxygen atoms in total. The first-order valence-electron chi connectivity index (χ1n) is 6.47. The average molecular weight is 276 g/mol. The molecule has 1 aromatic carbocycles. The number of carboxylic acid groups (broad SMARTS) is 1. The molecule has 2 unspecified atom stereocenters. The Balaban J connectivity index is 2.57. The van der Waals surface area contributed by atoms with Crippen molar-refractivity contribution in [3.05, 3.63) is 48.6 Å². The summed E-state index contributed by atoms with van der Waals surface area (Å²) in [6.45, 7) is 5.41. The summed E-state index contributed by atoms with van der Waals surface area (Å²) < 4.78 is 0. The number of amides is 2. The molecule has 2 atom stereocenters. The van der Waals surface area contributed by atoms with E-state index in [1.807, 2.05) is 37.3 Å². The van der Waals surface area contributed by atoms with Crippen LogP contribution in [0.4, 0.5) is 4.79 Å². The van der Waals surface area contributed by atoms with Gasteiger partial charge in [-0.15, -0.1) is 6.58 Å². The number of hydrogen-bond acceptors (Lipinski definition) is 2. The van der Waals surface area contributed by atoms with Crippen molar-refractivity contribution in [2.75, 3.05) is 0 Å². The van der Waals surface area contributed by atoms with E-state index < -0.39 is 18.0 Å². The van der Waals surface area contributed by atoms with Crippen LogP contribution >= 0.6 is 0 Å². The predicted octanol–water partition coefficient (Wildman–Crippen LogP) is 1.95. The quantitative estimate of drug-likeness (QED) is 0.666. The van der Waals surface area contributed by atoms with E-state index in [4.69, 9.17) is 5.11 Å². The van der Waals surface area contributed by atoms with Crippen LogP contribution in [0.15, 0.2) is 43.0 Å². The van der Waals surface area contributed by atoms with Crippen molar-refractivity contribution in [2.24, 2.45) is 0 Å². The lowest BCUT2D eigenvalue weighted by atomic mass is 10.1. The van der Waals surface area contributed by atoms with Crippen LogP contribution in [0.1, 0.15) is 18.9 Å². The van der Waals surface area contributed by atoms with Crippen molar-refractivity contribution in [3.8, 4) is 0 Å². The van der Waals surface area contributed by atoms with Gasteiger partial charge in [-0.1, -0.05) is 36.4 Å². The molecular weight excluding hydrogens is 256 g/mol. The summed E-state index contributed by atoms with van der Waals surface area (Å²) in [6.07, 6.45) is 2.58. The summed E-state index contributed by atoms with van der Waals surface area (Å²) >= 11 is 0. The Morgan fingerprint density at radius 2 is 1.95 bits per heavy atom. The molecule has 0 spiro atoms. The van der Waals surface area contributed by atoms with Gasteiger partial charge < -0.3 is 15.7 Å². The average Bonchev–Trinajstić information content (AvgIpc) is 2.39. The van der Waals surface area contributed by atoms with Crippen molar-refractivity contribution in [3.63, 3.8) is 0 Å². The van der Waals surface area contributed by atoms with Crippen LogP contribution in [-0.4, -0.2) is 29.2 Å². The monoisotopic (exact) mass is 276 g/mol. The van der Waals surface area contributed by atoms with E-state index in [9.17, 15) is 9.59 Å². The van der Waals surface area contributed by atoms with Crippen LogP contribution in [0.3, 0.4) is 0 Å². The number of rotatable bonds is 7. The van der Waals surface area contributed by atoms with Gasteiger partial charge in [0.2, 0.25) is 0 Å². The minimum absolute atomic E-state index is 0.0846. The van der Waals surface area contributed by atoms with E-state index in [1.54, 1.807) is 6.08 Å². The Bertz CT molecular complexity index is 459. The van der Waals surface area contributed by atoms with Crippen LogP contribution in [0, 0.1) is 0 Å². The normalized spacial score (nSPS) is 13.1. The number of carbonyl (C=O) groups excluding carboxylic acids is 1. The van der Waals surface area contributed by atoms with Gasteiger partial charge in [0.25, 0.3) is 0 Å². The Labute approximate surface area is 118 Å². The zero-order chi connectivity index (χ0) is 15.0. The highest BCUT2D eigenvalue weighted by molar-refractivity contribution is 5.82. The molecule has 1 rings (SSSR count). The third kappa shape index (κ3) is 5.56. The van der Waals surface area contributed by atoms with Gasteiger partial charge in [-0.05, 0) is 18.9 Å². The Kier molecular flexibility index (Phi) is 6.29. The molecule has 0 aromatic heterocycles. The molecule has 0 saturated carbocycles. The van der Waals surface area contributed by atoms with Gasteiger partial charge in [0.1, 0.15) is 6.04 Å². The second-order valence-corrected chi connectivity index (χ2v) is 4.62. The maximum atomic E-state index is 11.7. The van der Waals surface area contributed by atoms with E-state index in [2.05, 4.69) is 17.2 Å². The van der Waals surface area contributed by atoms with E-state index >= 15 is 0 Å². The van der Waals surface area contributed by atoms with Gasteiger partial charge in [0.05, 0.1) is 0 Å². The minimum atomic E-state index is -1.06. The van der Waals surface area contributed by atoms with Crippen LogP contribution < -0.4 is 10.6 Å². The SMILES string of the molecule is C=CCC(C)NC(=O)NC(Cc1ccccc1)C(=O)O. The Morgan fingerprint density at radius 3 is 2.50 bits per heavy atom. The Morgan fingerprint density at radius 1 is 1.30 bits per heavy atom. The molecule has 0 bridgehead atoms. The third-order valence-corrected chi connectivity index (χ3v) is 2.78. The maximum Gasteiger partial charge on any atom is 0.326 e. The standard InChI is InChI=1S/C15H20N2O3/c1-3-7-11(2)16-15(20)17-13(14(18)19)10-12-8-5-4-6-9-12/h3-6,8-9,11,13H,1,7,10H2,2H3,(H,18,19)(H2,16,17,20). The summed E-state index contributed by atoms with van der Waals surface area (Å²) in [5.41, 5.74) is 0.860.